The van der Waals surface area contributed by atoms with Gasteiger partial charge in [-0.05, 0) is 23.8 Å². The highest BCUT2D eigenvalue weighted by molar-refractivity contribution is 7.90. The van der Waals surface area contributed by atoms with E-state index in [1.807, 2.05) is 4.72 Å². The fraction of sp³-hybridized carbons (Fsp3) is 0.0667. The van der Waals surface area contributed by atoms with Crippen LogP contribution in [0.2, 0.25) is 0 Å². The van der Waals surface area contributed by atoms with E-state index in [4.69, 9.17) is 5.14 Å². The quantitative estimate of drug-likeness (QED) is 0.658. The van der Waals surface area contributed by atoms with E-state index in [2.05, 4.69) is 10.2 Å². The van der Waals surface area contributed by atoms with E-state index in [1.54, 1.807) is 30.3 Å². The number of aromatic amines is 1. The van der Waals surface area contributed by atoms with E-state index in [0.29, 0.717) is 22.0 Å². The second kappa shape index (κ2) is 6.02. The third kappa shape index (κ3) is 3.42. The second-order valence-corrected chi connectivity index (χ2v) is 6.48. The third-order valence-electron chi connectivity index (χ3n) is 3.43. The van der Waals surface area contributed by atoms with E-state index in [0.717, 1.165) is 0 Å². The Kier molecular flexibility index (Phi) is 4.04. The lowest BCUT2D eigenvalue weighted by Gasteiger charge is -2.08. The van der Waals surface area contributed by atoms with Gasteiger partial charge in [0.1, 0.15) is 5.82 Å². The molecule has 0 atom stereocenters. The Hall–Kier alpha value is -2.78. The fourth-order valence-electron chi connectivity index (χ4n) is 2.40. The molecule has 0 saturated carbocycles. The van der Waals surface area contributed by atoms with Crippen LogP contribution in [0.5, 0.6) is 0 Å². The minimum atomic E-state index is -4.05. The first-order valence-electron chi connectivity index (χ1n) is 6.89. The third-order valence-corrected chi connectivity index (χ3v) is 3.94. The molecule has 1 aromatic heterocycles. The summed E-state index contributed by atoms with van der Waals surface area (Å²) in [5.41, 5.74) is 0.614. The summed E-state index contributed by atoms with van der Waals surface area (Å²) in [6, 6.07) is 11.0. The maximum absolute atomic E-state index is 14.0. The van der Waals surface area contributed by atoms with Gasteiger partial charge >= 0.3 is 0 Å². The molecule has 0 aliphatic heterocycles. The molecule has 9 heteroatoms. The lowest BCUT2D eigenvalue weighted by atomic mass is 10.0. The number of nitrogens with zero attached hydrogens (tertiary/aromatic N) is 1. The molecule has 0 amide bonds. The van der Waals surface area contributed by atoms with Crippen molar-refractivity contribution < 1.29 is 12.8 Å². The SMILES string of the molecule is NS(=O)(=O)Nc1ccc(Cc2n[nH]c(=O)c3ccccc23)cc1F. The Morgan fingerprint density at radius 2 is 1.88 bits per heavy atom. The van der Waals surface area contributed by atoms with E-state index < -0.39 is 16.0 Å². The first kappa shape index (κ1) is 16.1. The number of nitrogens with two attached hydrogens (primary N) is 1. The number of nitrogens with one attached hydrogen (secondary N) is 2. The Labute approximate surface area is 136 Å². The molecule has 4 N–H and O–H groups in total. The smallest absolute Gasteiger partial charge is 0.268 e. The molecule has 1 heterocycles. The number of H-pyrrole nitrogens is 1. The van der Waals surface area contributed by atoms with Gasteiger partial charge in [-0.3, -0.25) is 9.52 Å². The number of halogens is 1. The van der Waals surface area contributed by atoms with E-state index in [9.17, 15) is 17.6 Å². The minimum Gasteiger partial charge on any atom is -0.268 e. The van der Waals surface area contributed by atoms with Gasteiger partial charge in [-0.1, -0.05) is 24.3 Å². The number of fused-ring (bicyclic) bond motifs is 1. The minimum absolute atomic E-state index is 0.236. The van der Waals surface area contributed by atoms with Crippen molar-refractivity contribution >= 4 is 26.7 Å². The Morgan fingerprint density at radius 1 is 1.17 bits per heavy atom. The molecule has 0 aliphatic rings. The van der Waals surface area contributed by atoms with Crippen LogP contribution in [-0.2, 0) is 16.6 Å². The molecule has 0 radical (unpaired) electrons. The summed E-state index contributed by atoms with van der Waals surface area (Å²) in [5, 5.41) is 12.4. The van der Waals surface area contributed by atoms with Gasteiger partial charge in [0.15, 0.2) is 0 Å². The van der Waals surface area contributed by atoms with Gasteiger partial charge < -0.3 is 0 Å². The maximum atomic E-state index is 14.0. The van der Waals surface area contributed by atoms with Crippen LogP contribution in [0, 0.1) is 5.82 Å². The molecule has 3 aromatic rings. The standard InChI is InChI=1S/C15H13FN4O3S/c16-12-7-9(5-6-13(12)20-24(17,22)23)8-14-10-3-1-2-4-11(10)15(21)19-18-14/h1-7,20H,8H2,(H,19,21)(H2,17,22,23). The van der Waals surface area contributed by atoms with Gasteiger partial charge in [-0.15, -0.1) is 0 Å². The first-order chi connectivity index (χ1) is 11.3. The predicted octanol–water partition coefficient (Wildman–Crippen LogP) is 1.27. The summed E-state index contributed by atoms with van der Waals surface area (Å²) >= 11 is 0. The number of benzene rings is 2. The zero-order chi connectivity index (χ0) is 17.3. The van der Waals surface area contributed by atoms with Crippen molar-refractivity contribution in [1.29, 1.82) is 0 Å². The number of aromatic nitrogens is 2. The van der Waals surface area contributed by atoms with Gasteiger partial charge in [0, 0.05) is 11.8 Å². The Balaban J connectivity index is 1.97. The van der Waals surface area contributed by atoms with Crippen LogP contribution in [0.3, 0.4) is 0 Å². The van der Waals surface area contributed by atoms with Crippen molar-refractivity contribution in [3.05, 3.63) is 69.9 Å². The maximum Gasteiger partial charge on any atom is 0.296 e. The van der Waals surface area contributed by atoms with Crippen LogP contribution in [0.15, 0.2) is 47.3 Å². The van der Waals surface area contributed by atoms with Gasteiger partial charge in [0.25, 0.3) is 15.8 Å². The van der Waals surface area contributed by atoms with E-state index in [-0.39, 0.29) is 17.7 Å². The lowest BCUT2D eigenvalue weighted by Crippen LogP contribution is -2.22. The van der Waals surface area contributed by atoms with Crippen LogP contribution in [0.1, 0.15) is 11.3 Å². The molecule has 0 unspecified atom stereocenters. The van der Waals surface area contributed by atoms with Gasteiger partial charge in [-0.2, -0.15) is 13.5 Å². The molecule has 0 bridgehead atoms. The average molecular weight is 348 g/mol. The highest BCUT2D eigenvalue weighted by Gasteiger charge is 2.11. The summed E-state index contributed by atoms with van der Waals surface area (Å²) < 4.78 is 37.8. The molecule has 3 rings (SSSR count). The van der Waals surface area contributed by atoms with Crippen LogP contribution in [0.4, 0.5) is 10.1 Å². The van der Waals surface area contributed by atoms with E-state index >= 15 is 0 Å². The van der Waals surface area contributed by atoms with Crippen molar-refractivity contribution in [3.63, 3.8) is 0 Å². The predicted molar refractivity (Wildman–Crippen MR) is 88.3 cm³/mol. The number of anilines is 1. The zero-order valence-corrected chi connectivity index (χ0v) is 13.1. The van der Waals surface area contributed by atoms with Crippen LogP contribution < -0.4 is 15.4 Å². The molecule has 24 heavy (non-hydrogen) atoms. The molecule has 2 aromatic carbocycles. The molecule has 124 valence electrons. The average Bonchev–Trinajstić information content (AvgIpc) is 2.52. The van der Waals surface area contributed by atoms with Crippen molar-refractivity contribution in [2.45, 2.75) is 6.42 Å². The summed E-state index contributed by atoms with van der Waals surface area (Å²) in [6.45, 7) is 0. The largest absolute Gasteiger partial charge is 0.296 e. The molecule has 0 aliphatic carbocycles. The molecule has 7 nitrogen and oxygen atoms in total. The first-order valence-corrected chi connectivity index (χ1v) is 8.43. The van der Waals surface area contributed by atoms with Gasteiger partial charge in [-0.25, -0.2) is 14.6 Å². The zero-order valence-electron chi connectivity index (χ0n) is 12.3. The van der Waals surface area contributed by atoms with Crippen LogP contribution >= 0.6 is 0 Å². The summed E-state index contributed by atoms with van der Waals surface area (Å²) in [7, 11) is -4.05. The van der Waals surface area contributed by atoms with Gasteiger partial charge in [0.2, 0.25) is 0 Å². The van der Waals surface area contributed by atoms with Crippen LogP contribution in [0.25, 0.3) is 10.8 Å². The van der Waals surface area contributed by atoms with E-state index in [1.165, 1.54) is 12.1 Å². The van der Waals surface area contributed by atoms with Crippen molar-refractivity contribution in [3.8, 4) is 0 Å². The summed E-state index contributed by atoms with van der Waals surface area (Å²) in [4.78, 5) is 11.8. The Bertz CT molecular complexity index is 1080. The molecule has 0 saturated heterocycles. The van der Waals surface area contributed by atoms with Crippen molar-refractivity contribution in [1.82, 2.24) is 10.2 Å². The Morgan fingerprint density at radius 3 is 2.54 bits per heavy atom. The highest BCUT2D eigenvalue weighted by atomic mass is 32.2. The molecule has 0 fully saturated rings. The molecule has 0 spiro atoms. The topological polar surface area (TPSA) is 118 Å². The summed E-state index contributed by atoms with van der Waals surface area (Å²) in [5.74, 6) is -0.754. The monoisotopic (exact) mass is 348 g/mol. The van der Waals surface area contributed by atoms with Crippen LogP contribution in [-0.4, -0.2) is 18.6 Å². The van der Waals surface area contributed by atoms with Gasteiger partial charge in [0.05, 0.1) is 16.8 Å². The fourth-order valence-corrected chi connectivity index (χ4v) is 2.88. The van der Waals surface area contributed by atoms with Crippen molar-refractivity contribution in [2.24, 2.45) is 5.14 Å². The normalized spacial score (nSPS) is 11.6. The lowest BCUT2D eigenvalue weighted by molar-refractivity contribution is 0.600. The van der Waals surface area contributed by atoms with Crippen molar-refractivity contribution in [2.75, 3.05) is 4.72 Å². The number of hydrogen-bond acceptors (Lipinski definition) is 4. The number of rotatable bonds is 4. The highest BCUT2D eigenvalue weighted by Crippen LogP contribution is 2.20. The molecular weight excluding hydrogens is 335 g/mol. The molecular formula is C15H13FN4O3S. The number of hydrogen-bond donors (Lipinski definition) is 3. The second-order valence-electron chi connectivity index (χ2n) is 5.18. The summed E-state index contributed by atoms with van der Waals surface area (Å²) in [6.07, 6.45) is 0.268.